The summed E-state index contributed by atoms with van der Waals surface area (Å²) in [6.07, 6.45) is 7.85. The van der Waals surface area contributed by atoms with Gasteiger partial charge in [-0.2, -0.15) is 0 Å². The highest BCUT2D eigenvalue weighted by atomic mass is 35.5. The largest absolute Gasteiger partial charge is 0.352 e. The third-order valence-electron chi connectivity index (χ3n) is 4.94. The fraction of sp³-hybridized carbons (Fsp3) is 0.611. The van der Waals surface area contributed by atoms with E-state index in [-0.39, 0.29) is 17.7 Å². The van der Waals surface area contributed by atoms with E-state index in [1.807, 2.05) is 0 Å². The number of nitrogens with zero attached hydrogens (tertiary/aromatic N) is 2. The Kier molecular flexibility index (Phi) is 6.26. The number of pyridine rings is 1. The van der Waals surface area contributed by atoms with Crippen LogP contribution in [0.1, 0.15) is 38.5 Å². The van der Waals surface area contributed by atoms with Crippen molar-refractivity contribution < 1.29 is 9.59 Å². The van der Waals surface area contributed by atoms with Crippen molar-refractivity contribution >= 4 is 29.2 Å². The molecule has 7 heteroatoms. The van der Waals surface area contributed by atoms with Gasteiger partial charge in [0.2, 0.25) is 11.8 Å². The Morgan fingerprint density at radius 2 is 2.00 bits per heavy atom. The second-order valence-corrected chi connectivity index (χ2v) is 7.41. The van der Waals surface area contributed by atoms with Crippen molar-refractivity contribution in [3.63, 3.8) is 0 Å². The molecule has 1 saturated heterocycles. The molecule has 1 aromatic heterocycles. The minimum absolute atomic E-state index is 0.0456. The lowest BCUT2D eigenvalue weighted by atomic mass is 9.97. The maximum Gasteiger partial charge on any atom is 0.234 e. The molecule has 3 rings (SSSR count). The Labute approximate surface area is 153 Å². The molecule has 136 valence electrons. The van der Waals surface area contributed by atoms with Crippen LogP contribution >= 0.6 is 11.6 Å². The number of piperidine rings is 1. The Morgan fingerprint density at radius 1 is 1.20 bits per heavy atom. The monoisotopic (exact) mass is 364 g/mol. The van der Waals surface area contributed by atoms with Gasteiger partial charge in [0.05, 0.1) is 17.5 Å². The third-order valence-corrected chi connectivity index (χ3v) is 5.17. The lowest BCUT2D eigenvalue weighted by Gasteiger charge is -2.31. The Hall–Kier alpha value is -1.66. The lowest BCUT2D eigenvalue weighted by Crippen LogP contribution is -2.46. The number of anilines is 1. The van der Waals surface area contributed by atoms with E-state index in [1.54, 1.807) is 12.1 Å². The molecule has 1 saturated carbocycles. The van der Waals surface area contributed by atoms with Crippen molar-refractivity contribution in [3.8, 4) is 0 Å². The molecule has 25 heavy (non-hydrogen) atoms. The number of hydrogen-bond donors (Lipinski definition) is 2. The van der Waals surface area contributed by atoms with E-state index in [4.69, 9.17) is 11.6 Å². The van der Waals surface area contributed by atoms with Gasteiger partial charge in [0.15, 0.2) is 0 Å². The zero-order valence-electron chi connectivity index (χ0n) is 14.3. The molecule has 1 unspecified atom stereocenters. The Bertz CT molecular complexity index is 602. The highest BCUT2D eigenvalue weighted by molar-refractivity contribution is 6.30. The summed E-state index contributed by atoms with van der Waals surface area (Å²) >= 11 is 5.81. The van der Waals surface area contributed by atoms with Crippen molar-refractivity contribution in [3.05, 3.63) is 23.4 Å². The minimum atomic E-state index is -0.120. The first kappa shape index (κ1) is 18.1. The molecule has 2 N–H and O–H groups in total. The summed E-state index contributed by atoms with van der Waals surface area (Å²) in [5, 5.41) is 6.48. The first-order valence-electron chi connectivity index (χ1n) is 9.04. The van der Waals surface area contributed by atoms with Crippen LogP contribution in [0, 0.1) is 5.92 Å². The van der Waals surface area contributed by atoms with E-state index in [1.165, 1.54) is 19.0 Å². The SMILES string of the molecule is O=C(CN1CCCC(C(=O)Nc2ccc(Cl)cn2)C1)NC1CCCC1. The fourth-order valence-corrected chi connectivity index (χ4v) is 3.75. The van der Waals surface area contributed by atoms with Crippen LogP contribution < -0.4 is 10.6 Å². The van der Waals surface area contributed by atoms with Gasteiger partial charge in [-0.25, -0.2) is 4.98 Å². The first-order valence-corrected chi connectivity index (χ1v) is 9.42. The van der Waals surface area contributed by atoms with Crippen LogP contribution in [0.5, 0.6) is 0 Å². The smallest absolute Gasteiger partial charge is 0.234 e. The van der Waals surface area contributed by atoms with Gasteiger partial charge >= 0.3 is 0 Å². The van der Waals surface area contributed by atoms with Crippen LogP contribution in [0.25, 0.3) is 0 Å². The maximum absolute atomic E-state index is 12.5. The molecule has 0 bridgehead atoms. The van der Waals surface area contributed by atoms with Crippen molar-refractivity contribution in [1.82, 2.24) is 15.2 Å². The molecule has 1 aliphatic carbocycles. The highest BCUT2D eigenvalue weighted by Gasteiger charge is 2.27. The summed E-state index contributed by atoms with van der Waals surface area (Å²) < 4.78 is 0. The van der Waals surface area contributed by atoms with Gasteiger partial charge in [-0.15, -0.1) is 0 Å². The van der Waals surface area contributed by atoms with Gasteiger partial charge in [0.1, 0.15) is 5.82 Å². The highest BCUT2D eigenvalue weighted by Crippen LogP contribution is 2.20. The van der Waals surface area contributed by atoms with E-state index < -0.39 is 0 Å². The van der Waals surface area contributed by atoms with Crippen LogP contribution in [0.4, 0.5) is 5.82 Å². The van der Waals surface area contributed by atoms with Crippen LogP contribution in [-0.4, -0.2) is 47.4 Å². The second kappa shape index (κ2) is 8.63. The summed E-state index contributed by atoms with van der Waals surface area (Å²) in [4.78, 5) is 30.8. The van der Waals surface area contributed by atoms with Crippen molar-refractivity contribution in [2.45, 2.75) is 44.6 Å². The van der Waals surface area contributed by atoms with Crippen molar-refractivity contribution in [2.24, 2.45) is 5.92 Å². The van der Waals surface area contributed by atoms with E-state index in [9.17, 15) is 9.59 Å². The average molecular weight is 365 g/mol. The molecule has 2 fully saturated rings. The number of amides is 2. The number of hydrogen-bond acceptors (Lipinski definition) is 4. The minimum Gasteiger partial charge on any atom is -0.352 e. The molecule has 2 aliphatic rings. The number of carbonyl (C=O) groups excluding carboxylic acids is 2. The van der Waals surface area contributed by atoms with Crippen molar-refractivity contribution in [1.29, 1.82) is 0 Å². The second-order valence-electron chi connectivity index (χ2n) is 6.97. The van der Waals surface area contributed by atoms with Crippen LogP contribution in [0.15, 0.2) is 18.3 Å². The van der Waals surface area contributed by atoms with E-state index >= 15 is 0 Å². The topological polar surface area (TPSA) is 74.3 Å². The van der Waals surface area contributed by atoms with Crippen LogP contribution in [0.3, 0.4) is 0 Å². The molecule has 1 atom stereocenters. The first-order chi connectivity index (χ1) is 12.1. The predicted molar refractivity (Wildman–Crippen MR) is 97.4 cm³/mol. The molecular formula is C18H25ClN4O2. The molecule has 0 spiro atoms. The number of rotatable bonds is 5. The van der Waals surface area contributed by atoms with Gasteiger partial charge in [0, 0.05) is 18.8 Å². The Morgan fingerprint density at radius 3 is 2.72 bits per heavy atom. The molecule has 1 aliphatic heterocycles. The average Bonchev–Trinajstić information content (AvgIpc) is 3.10. The summed E-state index contributed by atoms with van der Waals surface area (Å²) in [6.45, 7) is 1.85. The van der Waals surface area contributed by atoms with E-state index in [2.05, 4.69) is 20.5 Å². The van der Waals surface area contributed by atoms with Gasteiger partial charge in [0.25, 0.3) is 0 Å². The standard InChI is InChI=1S/C18H25ClN4O2/c19-14-7-8-16(20-10-14)22-18(25)13-4-3-9-23(11-13)12-17(24)21-15-5-1-2-6-15/h7-8,10,13,15H,1-6,9,11-12H2,(H,21,24)(H,20,22,25). The summed E-state index contributed by atoms with van der Waals surface area (Å²) in [6, 6.07) is 3.73. The fourth-order valence-electron chi connectivity index (χ4n) is 3.64. The zero-order valence-corrected chi connectivity index (χ0v) is 15.1. The number of likely N-dealkylation sites (tertiary alicyclic amines) is 1. The number of nitrogens with one attached hydrogen (secondary N) is 2. The molecule has 1 aromatic rings. The molecule has 2 heterocycles. The van der Waals surface area contributed by atoms with Crippen molar-refractivity contribution in [2.75, 3.05) is 25.0 Å². The summed E-state index contributed by atoms with van der Waals surface area (Å²) in [7, 11) is 0. The molecule has 0 radical (unpaired) electrons. The number of halogens is 1. The molecule has 2 amide bonds. The van der Waals surface area contributed by atoms with E-state index in [0.717, 1.165) is 32.2 Å². The maximum atomic E-state index is 12.5. The number of aromatic nitrogens is 1. The predicted octanol–water partition coefficient (Wildman–Crippen LogP) is 2.44. The van der Waals surface area contributed by atoms with Gasteiger partial charge < -0.3 is 10.6 Å². The third kappa shape index (κ3) is 5.41. The van der Waals surface area contributed by atoms with Gasteiger partial charge in [-0.3, -0.25) is 14.5 Å². The normalized spacial score (nSPS) is 21.9. The molecular weight excluding hydrogens is 340 g/mol. The van der Waals surface area contributed by atoms with Gasteiger partial charge in [-0.1, -0.05) is 24.4 Å². The summed E-state index contributed by atoms with van der Waals surface area (Å²) in [5.41, 5.74) is 0. The van der Waals surface area contributed by atoms with Crippen LogP contribution in [-0.2, 0) is 9.59 Å². The summed E-state index contributed by atoms with van der Waals surface area (Å²) in [5.74, 6) is 0.416. The lowest BCUT2D eigenvalue weighted by molar-refractivity contribution is -0.126. The quantitative estimate of drug-likeness (QED) is 0.841. The number of carbonyl (C=O) groups is 2. The molecule has 0 aromatic carbocycles. The molecule has 6 nitrogen and oxygen atoms in total. The zero-order chi connectivity index (χ0) is 17.6. The van der Waals surface area contributed by atoms with E-state index in [0.29, 0.717) is 30.0 Å². The Balaban J connectivity index is 1.47. The van der Waals surface area contributed by atoms with Crippen LogP contribution in [0.2, 0.25) is 5.02 Å². The van der Waals surface area contributed by atoms with Gasteiger partial charge in [-0.05, 0) is 44.4 Å².